The number of nitrogens with two attached hydrogens (primary N) is 1. The molecule has 0 bridgehead atoms. The van der Waals surface area contributed by atoms with Crippen LogP contribution in [0.3, 0.4) is 0 Å². The van der Waals surface area contributed by atoms with Crippen molar-refractivity contribution in [3.8, 4) is 0 Å². The number of hydrogen-bond acceptors (Lipinski definition) is 2. The van der Waals surface area contributed by atoms with Crippen LogP contribution in [-0.4, -0.2) is 19.3 Å². The molecule has 2 atom stereocenters. The van der Waals surface area contributed by atoms with Crippen molar-refractivity contribution in [2.45, 2.75) is 45.6 Å². The Morgan fingerprint density at radius 1 is 1.43 bits per heavy atom. The molecule has 14 heavy (non-hydrogen) atoms. The van der Waals surface area contributed by atoms with Crippen molar-refractivity contribution in [3.05, 3.63) is 0 Å². The summed E-state index contributed by atoms with van der Waals surface area (Å²) in [5.41, 5.74) is 6.31. The zero-order chi connectivity index (χ0) is 10.2. The van der Waals surface area contributed by atoms with Crippen LogP contribution in [0.25, 0.3) is 0 Å². The summed E-state index contributed by atoms with van der Waals surface area (Å²) in [6, 6.07) is 0. The molecule has 82 valence electrons. The van der Waals surface area contributed by atoms with E-state index in [0.717, 1.165) is 25.0 Å². The summed E-state index contributed by atoms with van der Waals surface area (Å²) in [5.74, 6) is 1.57. The molecule has 2 rings (SSSR count). The van der Waals surface area contributed by atoms with Crippen molar-refractivity contribution in [1.82, 2.24) is 0 Å². The lowest BCUT2D eigenvalue weighted by molar-refractivity contribution is 0.0249. The highest BCUT2D eigenvalue weighted by Crippen LogP contribution is 2.50. The average Bonchev–Trinajstić information content (AvgIpc) is 2.89. The van der Waals surface area contributed by atoms with Gasteiger partial charge >= 0.3 is 0 Å². The van der Waals surface area contributed by atoms with Gasteiger partial charge in [-0.3, -0.25) is 0 Å². The second-order valence-corrected chi connectivity index (χ2v) is 5.54. The van der Waals surface area contributed by atoms with E-state index in [9.17, 15) is 0 Å². The van der Waals surface area contributed by atoms with Crippen molar-refractivity contribution in [3.63, 3.8) is 0 Å². The Balaban J connectivity index is 2.07. The first-order valence-electron chi connectivity index (χ1n) is 5.99. The predicted octanol–water partition coefficient (Wildman–Crippen LogP) is 2.18. The van der Waals surface area contributed by atoms with E-state index in [2.05, 4.69) is 13.8 Å². The van der Waals surface area contributed by atoms with Crippen molar-refractivity contribution >= 4 is 0 Å². The molecular formula is C12H23NO. The lowest BCUT2D eigenvalue weighted by Gasteiger charge is -2.34. The fourth-order valence-electron chi connectivity index (χ4n) is 3.08. The van der Waals surface area contributed by atoms with Gasteiger partial charge in [-0.05, 0) is 37.5 Å². The van der Waals surface area contributed by atoms with Gasteiger partial charge in [-0.2, -0.15) is 0 Å². The van der Waals surface area contributed by atoms with Gasteiger partial charge in [0.1, 0.15) is 0 Å². The Morgan fingerprint density at radius 3 is 2.64 bits per heavy atom. The lowest BCUT2D eigenvalue weighted by atomic mass is 9.73. The zero-order valence-corrected chi connectivity index (χ0v) is 9.46. The second-order valence-electron chi connectivity index (χ2n) is 5.54. The molecule has 0 aromatic rings. The molecule has 0 spiro atoms. The van der Waals surface area contributed by atoms with Gasteiger partial charge in [0.25, 0.3) is 0 Å². The van der Waals surface area contributed by atoms with Gasteiger partial charge in [0.05, 0.1) is 6.10 Å². The molecule has 0 radical (unpaired) electrons. The Hall–Kier alpha value is -0.0800. The van der Waals surface area contributed by atoms with Crippen LogP contribution in [0.15, 0.2) is 0 Å². The van der Waals surface area contributed by atoms with Gasteiger partial charge in [-0.15, -0.1) is 0 Å². The van der Waals surface area contributed by atoms with Crippen LogP contribution in [-0.2, 0) is 4.74 Å². The van der Waals surface area contributed by atoms with Crippen molar-refractivity contribution in [2.24, 2.45) is 23.0 Å². The molecule has 0 aromatic heterocycles. The fourth-order valence-corrected chi connectivity index (χ4v) is 3.08. The Labute approximate surface area is 87.2 Å². The van der Waals surface area contributed by atoms with Crippen molar-refractivity contribution < 1.29 is 4.74 Å². The van der Waals surface area contributed by atoms with Gasteiger partial charge in [0, 0.05) is 18.6 Å². The molecule has 1 aliphatic carbocycles. The summed E-state index contributed by atoms with van der Waals surface area (Å²) in [7, 11) is 0. The summed E-state index contributed by atoms with van der Waals surface area (Å²) in [5, 5.41) is 0. The fraction of sp³-hybridized carbons (Fsp3) is 1.00. The van der Waals surface area contributed by atoms with Crippen molar-refractivity contribution in [1.29, 1.82) is 0 Å². The molecule has 2 unspecified atom stereocenters. The van der Waals surface area contributed by atoms with E-state index >= 15 is 0 Å². The maximum Gasteiger partial charge on any atom is 0.0672 e. The highest BCUT2D eigenvalue weighted by molar-refractivity contribution is 5.00. The topological polar surface area (TPSA) is 35.2 Å². The normalized spacial score (nSPS) is 38.1. The number of hydrogen-bond donors (Lipinski definition) is 1. The van der Waals surface area contributed by atoms with Gasteiger partial charge < -0.3 is 10.5 Å². The highest BCUT2D eigenvalue weighted by atomic mass is 16.5. The van der Waals surface area contributed by atoms with Crippen LogP contribution in [0.4, 0.5) is 0 Å². The third-order valence-corrected chi connectivity index (χ3v) is 3.77. The van der Waals surface area contributed by atoms with Gasteiger partial charge in [-0.1, -0.05) is 13.8 Å². The van der Waals surface area contributed by atoms with E-state index in [1.54, 1.807) is 0 Å². The minimum absolute atomic E-state index is 0.315. The first-order valence-corrected chi connectivity index (χ1v) is 5.99. The first-order chi connectivity index (χ1) is 6.68. The predicted molar refractivity (Wildman–Crippen MR) is 58.0 cm³/mol. The highest BCUT2D eigenvalue weighted by Gasteiger charge is 2.50. The van der Waals surface area contributed by atoms with Gasteiger partial charge in [0.15, 0.2) is 0 Å². The third kappa shape index (κ3) is 1.82. The molecule has 2 aliphatic rings. The summed E-state index contributed by atoms with van der Waals surface area (Å²) in [4.78, 5) is 0. The van der Waals surface area contributed by atoms with E-state index < -0.39 is 0 Å². The monoisotopic (exact) mass is 197 g/mol. The van der Waals surface area contributed by atoms with E-state index in [1.807, 2.05) is 0 Å². The molecule has 2 heteroatoms. The van der Waals surface area contributed by atoms with E-state index in [0.29, 0.717) is 11.5 Å². The molecule has 0 amide bonds. The smallest absolute Gasteiger partial charge is 0.0672 e. The molecule has 1 heterocycles. The average molecular weight is 197 g/mol. The van der Waals surface area contributed by atoms with Crippen LogP contribution >= 0.6 is 0 Å². The first kappa shape index (κ1) is 10.4. The van der Waals surface area contributed by atoms with E-state index in [-0.39, 0.29) is 0 Å². The molecule has 1 saturated carbocycles. The zero-order valence-electron chi connectivity index (χ0n) is 9.46. The molecule has 1 saturated heterocycles. The Bertz CT molecular complexity index is 200. The SMILES string of the molecule is CC(C)CC1(CN)CCOC1C1CC1. The van der Waals surface area contributed by atoms with E-state index in [1.165, 1.54) is 25.7 Å². The largest absolute Gasteiger partial charge is 0.377 e. The molecule has 1 aliphatic heterocycles. The van der Waals surface area contributed by atoms with E-state index in [4.69, 9.17) is 10.5 Å². The molecule has 0 aromatic carbocycles. The number of ether oxygens (including phenoxy) is 1. The summed E-state index contributed by atoms with van der Waals surface area (Å²) in [6.07, 6.45) is 5.64. The van der Waals surface area contributed by atoms with Gasteiger partial charge in [0.2, 0.25) is 0 Å². The van der Waals surface area contributed by atoms with Crippen LogP contribution in [0, 0.1) is 17.3 Å². The lowest BCUT2D eigenvalue weighted by Crippen LogP contribution is -2.40. The Kier molecular flexibility index (Phi) is 2.85. The molecule has 2 N–H and O–H groups in total. The maximum atomic E-state index is 5.99. The summed E-state index contributed by atoms with van der Waals surface area (Å²) < 4.78 is 5.90. The van der Waals surface area contributed by atoms with Crippen LogP contribution in [0.5, 0.6) is 0 Å². The van der Waals surface area contributed by atoms with Crippen LogP contribution < -0.4 is 5.73 Å². The minimum atomic E-state index is 0.315. The minimum Gasteiger partial charge on any atom is -0.377 e. The molecule has 2 nitrogen and oxygen atoms in total. The van der Waals surface area contributed by atoms with Crippen LogP contribution in [0.2, 0.25) is 0 Å². The summed E-state index contributed by atoms with van der Waals surface area (Å²) >= 11 is 0. The van der Waals surface area contributed by atoms with Crippen LogP contribution in [0.1, 0.15) is 39.5 Å². The van der Waals surface area contributed by atoms with Gasteiger partial charge in [-0.25, -0.2) is 0 Å². The number of rotatable bonds is 4. The Morgan fingerprint density at radius 2 is 2.14 bits per heavy atom. The molecular weight excluding hydrogens is 174 g/mol. The molecule has 2 fully saturated rings. The third-order valence-electron chi connectivity index (χ3n) is 3.77. The maximum absolute atomic E-state index is 5.99. The standard InChI is InChI=1S/C12H23NO/c1-9(2)7-12(8-13)5-6-14-11(12)10-3-4-10/h9-11H,3-8,13H2,1-2H3. The van der Waals surface area contributed by atoms with Crippen molar-refractivity contribution in [2.75, 3.05) is 13.2 Å². The quantitative estimate of drug-likeness (QED) is 0.749. The summed E-state index contributed by atoms with van der Waals surface area (Å²) in [6.45, 7) is 6.33. The second kappa shape index (κ2) is 3.82.